The summed E-state index contributed by atoms with van der Waals surface area (Å²) in [6, 6.07) is 9.00. The number of hydrogen-bond donors (Lipinski definition) is 2. The number of nitriles is 1. The van der Waals surface area contributed by atoms with E-state index in [9.17, 15) is 4.79 Å². The first-order valence-electron chi connectivity index (χ1n) is 5.38. The lowest BCUT2D eigenvalue weighted by atomic mass is 10.0. The summed E-state index contributed by atoms with van der Waals surface area (Å²) in [7, 11) is 0. The summed E-state index contributed by atoms with van der Waals surface area (Å²) in [5.41, 5.74) is 0.508. The number of carbonyl (C=O) groups is 1. The molecule has 0 aromatic heterocycles. The lowest BCUT2D eigenvalue weighted by Gasteiger charge is -2.24. The van der Waals surface area contributed by atoms with Crippen LogP contribution in [0, 0.1) is 11.3 Å². The molecule has 1 amide bonds. The molecule has 4 heteroatoms. The maximum atomic E-state index is 12.0. The van der Waals surface area contributed by atoms with Crippen molar-refractivity contribution in [2.75, 3.05) is 6.61 Å². The Morgan fingerprint density at radius 1 is 1.47 bits per heavy atom. The lowest BCUT2D eigenvalue weighted by molar-refractivity contribution is 0.0868. The van der Waals surface area contributed by atoms with Crippen LogP contribution in [0.2, 0.25) is 0 Å². The van der Waals surface area contributed by atoms with Crippen molar-refractivity contribution in [1.29, 1.82) is 5.26 Å². The summed E-state index contributed by atoms with van der Waals surface area (Å²) < 4.78 is 0. The van der Waals surface area contributed by atoms with Crippen LogP contribution in [-0.4, -0.2) is 23.2 Å². The van der Waals surface area contributed by atoms with Gasteiger partial charge in [-0.25, -0.2) is 0 Å². The van der Waals surface area contributed by atoms with E-state index >= 15 is 0 Å². The van der Waals surface area contributed by atoms with Gasteiger partial charge in [-0.1, -0.05) is 18.2 Å². The van der Waals surface area contributed by atoms with Gasteiger partial charge in [-0.05, 0) is 25.5 Å². The normalized spacial score (nSPS) is 10.7. The van der Waals surface area contributed by atoms with Crippen molar-refractivity contribution in [3.8, 4) is 6.07 Å². The highest BCUT2D eigenvalue weighted by atomic mass is 16.3. The quantitative estimate of drug-likeness (QED) is 0.820. The number of carbonyl (C=O) groups excluding carboxylic acids is 1. The highest BCUT2D eigenvalue weighted by molar-refractivity contribution is 5.96. The zero-order valence-corrected chi connectivity index (χ0v) is 10.0. The SMILES string of the molecule is CC(C)(CO)NC(=O)c1ccccc1CC#N. The molecule has 0 heterocycles. The molecule has 90 valence electrons. The fraction of sp³-hybridized carbons (Fsp3) is 0.385. The maximum Gasteiger partial charge on any atom is 0.252 e. The summed E-state index contributed by atoms with van der Waals surface area (Å²) >= 11 is 0. The molecule has 0 radical (unpaired) electrons. The van der Waals surface area contributed by atoms with Gasteiger partial charge in [0.2, 0.25) is 0 Å². The maximum absolute atomic E-state index is 12.0. The van der Waals surface area contributed by atoms with Gasteiger partial charge < -0.3 is 10.4 Å². The molecular formula is C13H16N2O2. The largest absolute Gasteiger partial charge is 0.394 e. The number of aliphatic hydroxyl groups excluding tert-OH is 1. The van der Waals surface area contributed by atoms with Gasteiger partial charge in [0, 0.05) is 5.56 Å². The highest BCUT2D eigenvalue weighted by Gasteiger charge is 2.21. The summed E-state index contributed by atoms with van der Waals surface area (Å²) in [6.45, 7) is 3.33. The molecule has 17 heavy (non-hydrogen) atoms. The van der Waals surface area contributed by atoms with E-state index in [2.05, 4.69) is 5.32 Å². The first-order valence-corrected chi connectivity index (χ1v) is 5.38. The zero-order valence-electron chi connectivity index (χ0n) is 10.0. The number of aliphatic hydroxyl groups is 1. The smallest absolute Gasteiger partial charge is 0.252 e. The van der Waals surface area contributed by atoms with Crippen LogP contribution in [0.5, 0.6) is 0 Å². The molecule has 0 fully saturated rings. The van der Waals surface area contributed by atoms with E-state index < -0.39 is 5.54 Å². The van der Waals surface area contributed by atoms with Gasteiger partial charge in [-0.3, -0.25) is 4.79 Å². The van der Waals surface area contributed by atoms with Crippen molar-refractivity contribution in [2.24, 2.45) is 0 Å². The second-order valence-corrected chi connectivity index (χ2v) is 4.49. The Balaban J connectivity index is 2.93. The summed E-state index contributed by atoms with van der Waals surface area (Å²) in [6.07, 6.45) is 0.198. The van der Waals surface area contributed by atoms with Gasteiger partial charge in [-0.15, -0.1) is 0 Å². The second kappa shape index (κ2) is 5.46. The van der Waals surface area contributed by atoms with Gasteiger partial charge in [0.1, 0.15) is 0 Å². The molecule has 0 bridgehead atoms. The van der Waals surface area contributed by atoms with Crippen LogP contribution >= 0.6 is 0 Å². The fourth-order valence-corrected chi connectivity index (χ4v) is 1.40. The van der Waals surface area contributed by atoms with Gasteiger partial charge in [0.15, 0.2) is 0 Å². The molecule has 0 aliphatic carbocycles. The van der Waals surface area contributed by atoms with Crippen LogP contribution in [0.3, 0.4) is 0 Å². The van der Waals surface area contributed by atoms with Crippen molar-refractivity contribution in [1.82, 2.24) is 5.32 Å². The van der Waals surface area contributed by atoms with Crippen LogP contribution in [0.25, 0.3) is 0 Å². The Hall–Kier alpha value is -1.86. The Morgan fingerprint density at radius 2 is 2.12 bits per heavy atom. The first-order chi connectivity index (χ1) is 8.00. The van der Waals surface area contributed by atoms with E-state index in [1.165, 1.54) is 0 Å². The van der Waals surface area contributed by atoms with E-state index in [0.717, 1.165) is 0 Å². The van der Waals surface area contributed by atoms with E-state index in [4.69, 9.17) is 10.4 Å². The Bertz CT molecular complexity index is 447. The fourth-order valence-electron chi connectivity index (χ4n) is 1.40. The standard InChI is InChI=1S/C13H16N2O2/c1-13(2,9-16)15-12(17)11-6-4-3-5-10(11)7-8-14/h3-6,16H,7,9H2,1-2H3,(H,15,17). The van der Waals surface area contributed by atoms with Crippen molar-refractivity contribution < 1.29 is 9.90 Å². The van der Waals surface area contributed by atoms with Crippen molar-refractivity contribution in [3.63, 3.8) is 0 Å². The van der Waals surface area contributed by atoms with Crippen molar-refractivity contribution in [2.45, 2.75) is 25.8 Å². The van der Waals surface area contributed by atoms with Crippen molar-refractivity contribution in [3.05, 3.63) is 35.4 Å². The molecule has 0 unspecified atom stereocenters. The molecular weight excluding hydrogens is 216 g/mol. The summed E-state index contributed by atoms with van der Waals surface area (Å²) in [5.74, 6) is -0.269. The molecule has 2 N–H and O–H groups in total. The Kier molecular flexibility index (Phi) is 4.24. The third kappa shape index (κ3) is 3.58. The molecule has 4 nitrogen and oxygen atoms in total. The third-order valence-corrected chi connectivity index (χ3v) is 2.38. The molecule has 0 atom stereocenters. The van der Waals surface area contributed by atoms with Crippen LogP contribution in [0.4, 0.5) is 0 Å². The Morgan fingerprint density at radius 3 is 2.71 bits per heavy atom. The molecule has 0 aliphatic rings. The number of amides is 1. The van der Waals surface area contributed by atoms with E-state index in [1.807, 2.05) is 6.07 Å². The van der Waals surface area contributed by atoms with Crippen LogP contribution in [-0.2, 0) is 6.42 Å². The minimum atomic E-state index is -0.670. The molecule has 0 saturated heterocycles. The third-order valence-electron chi connectivity index (χ3n) is 2.38. The second-order valence-electron chi connectivity index (χ2n) is 4.49. The van der Waals surface area contributed by atoms with Crippen LogP contribution < -0.4 is 5.32 Å². The Labute approximate surface area is 101 Å². The van der Waals surface area contributed by atoms with Crippen LogP contribution in [0.15, 0.2) is 24.3 Å². The van der Waals surface area contributed by atoms with Gasteiger partial charge in [0.25, 0.3) is 5.91 Å². The average molecular weight is 232 g/mol. The van der Waals surface area contributed by atoms with Gasteiger partial charge in [0.05, 0.1) is 24.6 Å². The number of nitrogens with one attached hydrogen (secondary N) is 1. The predicted octanol–water partition coefficient (Wildman–Crippen LogP) is 1.25. The van der Waals surface area contributed by atoms with Crippen molar-refractivity contribution >= 4 is 5.91 Å². The van der Waals surface area contributed by atoms with E-state index in [1.54, 1.807) is 38.1 Å². The van der Waals surface area contributed by atoms with E-state index in [-0.39, 0.29) is 18.9 Å². The predicted molar refractivity (Wildman–Crippen MR) is 64.4 cm³/mol. The highest BCUT2D eigenvalue weighted by Crippen LogP contribution is 2.11. The number of hydrogen-bond acceptors (Lipinski definition) is 3. The number of benzene rings is 1. The monoisotopic (exact) mass is 232 g/mol. The lowest BCUT2D eigenvalue weighted by Crippen LogP contribution is -2.46. The van der Waals surface area contributed by atoms with Gasteiger partial charge in [-0.2, -0.15) is 5.26 Å². The number of nitrogens with zero attached hydrogens (tertiary/aromatic N) is 1. The topological polar surface area (TPSA) is 73.1 Å². The molecule has 1 aromatic rings. The van der Waals surface area contributed by atoms with Crippen LogP contribution in [0.1, 0.15) is 29.8 Å². The molecule has 0 aliphatic heterocycles. The summed E-state index contributed by atoms with van der Waals surface area (Å²) in [5, 5.41) is 20.5. The minimum Gasteiger partial charge on any atom is -0.394 e. The first kappa shape index (κ1) is 13.2. The number of rotatable bonds is 4. The minimum absolute atomic E-state index is 0.140. The summed E-state index contributed by atoms with van der Waals surface area (Å²) in [4.78, 5) is 12.0. The average Bonchev–Trinajstić information content (AvgIpc) is 2.29. The van der Waals surface area contributed by atoms with E-state index in [0.29, 0.717) is 11.1 Å². The zero-order chi connectivity index (χ0) is 12.9. The van der Waals surface area contributed by atoms with Gasteiger partial charge >= 0.3 is 0 Å². The molecule has 0 spiro atoms. The molecule has 1 rings (SSSR count). The molecule has 1 aromatic carbocycles. The molecule has 0 saturated carbocycles.